The van der Waals surface area contributed by atoms with Crippen LogP contribution in [0.5, 0.6) is 0 Å². The van der Waals surface area contributed by atoms with E-state index in [9.17, 15) is 28.1 Å². The van der Waals surface area contributed by atoms with Gasteiger partial charge in [0.15, 0.2) is 5.16 Å². The minimum absolute atomic E-state index is 0.388. The zero-order valence-electron chi connectivity index (χ0n) is 13.9. The number of nitrogens with one attached hydrogen (secondary N) is 1. The highest BCUT2D eigenvalue weighted by Crippen LogP contribution is 2.37. The fraction of sp³-hybridized carbons (Fsp3) is 0.357. The van der Waals surface area contributed by atoms with Crippen molar-refractivity contribution in [2.24, 2.45) is 7.05 Å². The monoisotopic (exact) mass is 389 g/mol. The van der Waals surface area contributed by atoms with Gasteiger partial charge in [0.05, 0.1) is 21.4 Å². The number of hydrogen-bond donors (Lipinski definition) is 1. The van der Waals surface area contributed by atoms with E-state index in [-0.39, 0.29) is 0 Å². The van der Waals surface area contributed by atoms with Crippen LogP contribution in [0.15, 0.2) is 23.4 Å². The van der Waals surface area contributed by atoms with Crippen molar-refractivity contribution in [1.29, 1.82) is 0 Å². The van der Waals surface area contributed by atoms with Gasteiger partial charge in [-0.3, -0.25) is 14.9 Å². The molecule has 140 valence electrons. The summed E-state index contributed by atoms with van der Waals surface area (Å²) in [6.07, 6.45) is -4.86. The molecule has 2 rings (SSSR count). The molecule has 0 aliphatic heterocycles. The van der Waals surface area contributed by atoms with Crippen LogP contribution >= 0.6 is 11.8 Å². The van der Waals surface area contributed by atoms with Crippen LogP contribution in [0.25, 0.3) is 0 Å². The summed E-state index contributed by atoms with van der Waals surface area (Å²) in [5.41, 5.74) is -2.55. The van der Waals surface area contributed by atoms with Crippen LogP contribution in [-0.4, -0.2) is 30.8 Å². The maximum Gasteiger partial charge on any atom is 0.418 e. The van der Waals surface area contributed by atoms with Crippen molar-refractivity contribution in [3.8, 4) is 0 Å². The average molecular weight is 389 g/mol. The van der Waals surface area contributed by atoms with Crippen LogP contribution in [-0.2, 0) is 18.0 Å². The third-order valence-corrected chi connectivity index (χ3v) is 4.62. The molecule has 0 unspecified atom stereocenters. The van der Waals surface area contributed by atoms with E-state index in [2.05, 4.69) is 15.5 Å². The predicted molar refractivity (Wildman–Crippen MR) is 87.8 cm³/mol. The van der Waals surface area contributed by atoms with Gasteiger partial charge in [-0.2, -0.15) is 13.2 Å². The smallest absolute Gasteiger partial charge is 0.325 e. The fourth-order valence-electron chi connectivity index (χ4n) is 1.93. The summed E-state index contributed by atoms with van der Waals surface area (Å²) in [6.45, 7) is 3.22. The Morgan fingerprint density at radius 2 is 2.04 bits per heavy atom. The third-order valence-electron chi connectivity index (χ3n) is 3.48. The first-order valence-corrected chi connectivity index (χ1v) is 8.08. The maximum atomic E-state index is 13.1. The first-order chi connectivity index (χ1) is 12.0. The SMILES string of the molecule is Cc1nnc(S[C@@H](C)C(=O)Nc2ccc([N+](=O)[O-])cc2C(F)(F)F)n1C. The second-order valence-corrected chi connectivity index (χ2v) is 6.63. The molecule has 0 bridgehead atoms. The quantitative estimate of drug-likeness (QED) is 0.479. The number of thioether (sulfide) groups is 1. The molecule has 0 saturated heterocycles. The highest BCUT2D eigenvalue weighted by Gasteiger charge is 2.36. The molecule has 8 nitrogen and oxygen atoms in total. The van der Waals surface area contributed by atoms with Crippen LogP contribution < -0.4 is 5.32 Å². The Bertz CT molecular complexity index is 853. The van der Waals surface area contributed by atoms with Gasteiger partial charge in [-0.05, 0) is 19.9 Å². The number of halogens is 3. The van der Waals surface area contributed by atoms with Crippen molar-refractivity contribution in [3.63, 3.8) is 0 Å². The molecule has 1 atom stereocenters. The Balaban J connectivity index is 2.22. The molecule has 26 heavy (non-hydrogen) atoms. The number of nitro benzene ring substituents is 1. The minimum atomic E-state index is -4.86. The van der Waals surface area contributed by atoms with E-state index in [1.165, 1.54) is 6.92 Å². The number of amides is 1. The summed E-state index contributed by atoms with van der Waals surface area (Å²) >= 11 is 1.03. The van der Waals surface area contributed by atoms with Gasteiger partial charge in [0, 0.05) is 19.2 Å². The Hall–Kier alpha value is -2.63. The van der Waals surface area contributed by atoms with Crippen molar-refractivity contribution >= 4 is 29.0 Å². The van der Waals surface area contributed by atoms with Gasteiger partial charge in [-0.15, -0.1) is 10.2 Å². The number of anilines is 1. The van der Waals surface area contributed by atoms with Gasteiger partial charge in [0.1, 0.15) is 5.82 Å². The standard InChI is InChI=1S/C14H14F3N5O3S/c1-7(26-13-20-19-8(2)21(13)3)12(23)18-11-5-4-9(22(24)25)6-10(11)14(15,16)17/h4-7H,1-3H3,(H,18,23)/t7-/m0/s1. The van der Waals surface area contributed by atoms with Gasteiger partial charge < -0.3 is 9.88 Å². The fourth-order valence-corrected chi connectivity index (χ4v) is 2.79. The second-order valence-electron chi connectivity index (χ2n) is 5.32. The minimum Gasteiger partial charge on any atom is -0.325 e. The largest absolute Gasteiger partial charge is 0.418 e. The average Bonchev–Trinajstić information content (AvgIpc) is 2.86. The van der Waals surface area contributed by atoms with Crippen LogP contribution in [0, 0.1) is 17.0 Å². The Morgan fingerprint density at radius 3 is 2.54 bits per heavy atom. The lowest BCUT2D eigenvalue weighted by atomic mass is 10.1. The van der Waals surface area contributed by atoms with Gasteiger partial charge in [0.25, 0.3) is 5.69 Å². The molecular weight excluding hydrogens is 375 g/mol. The molecule has 0 spiro atoms. The molecule has 1 heterocycles. The lowest BCUT2D eigenvalue weighted by molar-refractivity contribution is -0.385. The molecule has 0 radical (unpaired) electrons. The molecule has 1 aromatic carbocycles. The molecule has 0 aliphatic carbocycles. The highest BCUT2D eigenvalue weighted by molar-refractivity contribution is 8.00. The highest BCUT2D eigenvalue weighted by atomic mass is 32.2. The lowest BCUT2D eigenvalue weighted by Crippen LogP contribution is -2.24. The Morgan fingerprint density at radius 1 is 1.38 bits per heavy atom. The maximum absolute atomic E-state index is 13.1. The van der Waals surface area contributed by atoms with Gasteiger partial charge in [-0.1, -0.05) is 11.8 Å². The van der Waals surface area contributed by atoms with Gasteiger partial charge in [0.2, 0.25) is 5.91 Å². The number of benzene rings is 1. The number of alkyl halides is 3. The molecular formula is C14H14F3N5O3S. The number of carbonyl (C=O) groups excluding carboxylic acids is 1. The van der Waals surface area contributed by atoms with Crippen LogP contribution in [0.3, 0.4) is 0 Å². The number of rotatable bonds is 5. The normalized spacial score (nSPS) is 12.7. The molecule has 1 N–H and O–H groups in total. The van der Waals surface area contributed by atoms with E-state index >= 15 is 0 Å². The van der Waals surface area contributed by atoms with Crippen molar-refractivity contribution in [2.45, 2.75) is 30.4 Å². The number of aryl methyl sites for hydroxylation is 1. The number of nitrogens with zero attached hydrogens (tertiary/aromatic N) is 4. The summed E-state index contributed by atoms with van der Waals surface area (Å²) in [7, 11) is 1.69. The molecule has 1 aromatic heterocycles. The topological polar surface area (TPSA) is 103 Å². The third kappa shape index (κ3) is 4.31. The van der Waals surface area contributed by atoms with Crippen LogP contribution in [0.1, 0.15) is 18.3 Å². The zero-order chi connectivity index (χ0) is 19.6. The van der Waals surface area contributed by atoms with Crippen molar-refractivity contribution in [2.75, 3.05) is 5.32 Å². The molecule has 2 aromatic rings. The molecule has 0 fully saturated rings. The number of carbonyl (C=O) groups is 1. The molecule has 0 saturated carbocycles. The van der Waals surface area contributed by atoms with Crippen LogP contribution in [0.4, 0.5) is 24.5 Å². The lowest BCUT2D eigenvalue weighted by Gasteiger charge is -2.16. The van der Waals surface area contributed by atoms with Crippen LogP contribution in [0.2, 0.25) is 0 Å². The number of hydrogen-bond acceptors (Lipinski definition) is 6. The first-order valence-electron chi connectivity index (χ1n) is 7.20. The summed E-state index contributed by atoms with van der Waals surface area (Å²) < 4.78 is 41.1. The van der Waals surface area contributed by atoms with Crippen molar-refractivity contribution in [3.05, 3.63) is 39.7 Å². The Kier molecular flexibility index (Phi) is 5.54. The molecule has 12 heteroatoms. The van der Waals surface area contributed by atoms with E-state index in [1.54, 1.807) is 18.5 Å². The predicted octanol–water partition coefficient (Wildman–Crippen LogP) is 3.17. The molecule has 1 amide bonds. The van der Waals surface area contributed by atoms with E-state index in [4.69, 9.17) is 0 Å². The number of non-ortho nitro benzene ring substituents is 1. The van der Waals surface area contributed by atoms with Gasteiger partial charge >= 0.3 is 6.18 Å². The second kappa shape index (κ2) is 7.32. The molecule has 0 aliphatic rings. The van der Waals surface area contributed by atoms with Crippen molar-refractivity contribution in [1.82, 2.24) is 14.8 Å². The first kappa shape index (κ1) is 19.7. The van der Waals surface area contributed by atoms with E-state index < -0.39 is 39.2 Å². The summed E-state index contributed by atoms with van der Waals surface area (Å²) in [5.74, 6) is -0.0789. The number of aromatic nitrogens is 3. The van der Waals surface area contributed by atoms with E-state index in [0.717, 1.165) is 23.9 Å². The van der Waals surface area contributed by atoms with Crippen molar-refractivity contribution < 1.29 is 22.9 Å². The van der Waals surface area contributed by atoms with E-state index in [0.29, 0.717) is 17.0 Å². The van der Waals surface area contributed by atoms with E-state index in [1.807, 2.05) is 0 Å². The Labute approximate surface area is 149 Å². The summed E-state index contributed by atoms with van der Waals surface area (Å²) in [4.78, 5) is 22.0. The summed E-state index contributed by atoms with van der Waals surface area (Å²) in [5, 5.41) is 20.2. The van der Waals surface area contributed by atoms with Gasteiger partial charge in [-0.25, -0.2) is 0 Å². The summed E-state index contributed by atoms with van der Waals surface area (Å²) in [6, 6.07) is 2.15. The zero-order valence-corrected chi connectivity index (χ0v) is 14.7. The number of nitro groups is 1.